The quantitative estimate of drug-likeness (QED) is 0.352. The summed E-state index contributed by atoms with van der Waals surface area (Å²) < 4.78 is 7.88. The minimum absolute atomic E-state index is 0.0606. The molecule has 1 saturated heterocycles. The molecule has 1 fully saturated rings. The van der Waals surface area contributed by atoms with Crippen LogP contribution in [0, 0.1) is 12.8 Å². The van der Waals surface area contributed by atoms with Crippen LogP contribution in [-0.4, -0.2) is 37.0 Å². The Morgan fingerprint density at radius 1 is 0.974 bits per heavy atom. The summed E-state index contributed by atoms with van der Waals surface area (Å²) in [5.41, 5.74) is 12.7. The Bertz CT molecular complexity index is 1660. The molecule has 2 aromatic carbocycles. The molecule has 9 nitrogen and oxygen atoms in total. The van der Waals surface area contributed by atoms with E-state index in [2.05, 4.69) is 19.9 Å². The van der Waals surface area contributed by atoms with Crippen molar-refractivity contribution in [1.29, 1.82) is 0 Å². The number of rotatable bonds is 5. The predicted molar refractivity (Wildman–Crippen MR) is 147 cm³/mol. The number of amides is 1. The summed E-state index contributed by atoms with van der Waals surface area (Å²) in [5.74, 6) is 1.27. The van der Waals surface area contributed by atoms with Gasteiger partial charge in [-0.15, -0.1) is 0 Å². The van der Waals surface area contributed by atoms with E-state index >= 15 is 0 Å². The standard InChI is InChI=1S/C29H27N7O2/c1-17-13-15-36(28(17)37)21-8-4-20(5-9-21)25-23(24-26(30)32-16-33-27(24)35(25)3)19-6-10-22(11-7-19)38-29-31-14-12-18(2)34-29/h4-12,14,16-17H,13,15H2,1-3H3,(H2,30,32,33). The van der Waals surface area contributed by atoms with E-state index in [9.17, 15) is 4.79 Å². The molecule has 5 aromatic rings. The van der Waals surface area contributed by atoms with Gasteiger partial charge in [0.1, 0.15) is 23.5 Å². The van der Waals surface area contributed by atoms with Crippen molar-refractivity contribution in [2.45, 2.75) is 20.3 Å². The molecular weight excluding hydrogens is 478 g/mol. The minimum atomic E-state index is 0.0606. The average Bonchev–Trinajstić information content (AvgIpc) is 3.41. The molecule has 1 aliphatic rings. The maximum atomic E-state index is 12.5. The van der Waals surface area contributed by atoms with E-state index in [1.807, 2.05) is 85.0 Å². The first-order chi connectivity index (χ1) is 18.4. The topological polar surface area (TPSA) is 112 Å². The maximum Gasteiger partial charge on any atom is 0.322 e. The molecule has 38 heavy (non-hydrogen) atoms. The summed E-state index contributed by atoms with van der Waals surface area (Å²) in [5, 5.41) is 0.785. The van der Waals surface area contributed by atoms with Gasteiger partial charge in [-0.2, -0.15) is 0 Å². The minimum Gasteiger partial charge on any atom is -0.424 e. The van der Waals surface area contributed by atoms with E-state index in [-0.39, 0.29) is 11.8 Å². The molecule has 3 aromatic heterocycles. The first-order valence-corrected chi connectivity index (χ1v) is 12.5. The van der Waals surface area contributed by atoms with Crippen molar-refractivity contribution in [3.63, 3.8) is 0 Å². The third kappa shape index (κ3) is 4.02. The Kier molecular flexibility index (Phi) is 5.75. The molecule has 6 rings (SSSR count). The van der Waals surface area contributed by atoms with Crippen molar-refractivity contribution < 1.29 is 9.53 Å². The van der Waals surface area contributed by atoms with Gasteiger partial charge in [0.15, 0.2) is 0 Å². The van der Waals surface area contributed by atoms with Crippen LogP contribution in [0.1, 0.15) is 19.0 Å². The second-order valence-corrected chi connectivity index (χ2v) is 9.57. The Morgan fingerprint density at radius 3 is 2.39 bits per heavy atom. The van der Waals surface area contributed by atoms with Crippen LogP contribution in [0.15, 0.2) is 67.1 Å². The van der Waals surface area contributed by atoms with Crippen molar-refractivity contribution in [1.82, 2.24) is 24.5 Å². The second kappa shape index (κ2) is 9.26. The zero-order valence-corrected chi connectivity index (χ0v) is 21.4. The molecule has 0 aliphatic carbocycles. The SMILES string of the molecule is Cc1ccnc(Oc2ccc(-c3c(-c4ccc(N5CCC(C)C5=O)cc4)n(C)c4ncnc(N)c34)cc2)n1. The number of aromatic nitrogens is 5. The lowest BCUT2D eigenvalue weighted by molar-refractivity contribution is -0.119. The lowest BCUT2D eigenvalue weighted by atomic mass is 9.98. The lowest BCUT2D eigenvalue weighted by Gasteiger charge is -2.17. The van der Waals surface area contributed by atoms with E-state index in [0.29, 0.717) is 17.6 Å². The Balaban J connectivity index is 1.42. The highest BCUT2D eigenvalue weighted by molar-refractivity contribution is 6.08. The van der Waals surface area contributed by atoms with E-state index < -0.39 is 0 Å². The third-order valence-corrected chi connectivity index (χ3v) is 7.05. The zero-order valence-electron chi connectivity index (χ0n) is 21.4. The van der Waals surface area contributed by atoms with Crippen LogP contribution < -0.4 is 15.4 Å². The third-order valence-electron chi connectivity index (χ3n) is 7.05. The summed E-state index contributed by atoms with van der Waals surface area (Å²) >= 11 is 0. The molecular formula is C29H27N7O2. The number of carbonyl (C=O) groups excluding carboxylic acids is 1. The Hall–Kier alpha value is -4.79. The highest BCUT2D eigenvalue weighted by Gasteiger charge is 2.29. The number of anilines is 2. The summed E-state index contributed by atoms with van der Waals surface area (Å²) in [7, 11) is 1.97. The molecule has 4 heterocycles. The Morgan fingerprint density at radius 2 is 1.71 bits per heavy atom. The van der Waals surface area contributed by atoms with Crippen molar-refractivity contribution in [2.75, 3.05) is 17.2 Å². The van der Waals surface area contributed by atoms with Gasteiger partial charge in [-0.1, -0.05) is 31.2 Å². The number of carbonyl (C=O) groups is 1. The van der Waals surface area contributed by atoms with Crippen molar-refractivity contribution in [2.24, 2.45) is 13.0 Å². The highest BCUT2D eigenvalue weighted by Crippen LogP contribution is 2.42. The number of fused-ring (bicyclic) bond motifs is 1. The van der Waals surface area contributed by atoms with Crippen molar-refractivity contribution >= 4 is 28.4 Å². The molecule has 190 valence electrons. The van der Waals surface area contributed by atoms with Gasteiger partial charge < -0.3 is 19.9 Å². The first kappa shape index (κ1) is 23.6. The number of benzene rings is 2. The smallest absolute Gasteiger partial charge is 0.322 e. The molecule has 0 radical (unpaired) electrons. The molecule has 0 spiro atoms. The van der Waals surface area contributed by atoms with Crippen LogP contribution in [0.3, 0.4) is 0 Å². The number of hydrogen-bond acceptors (Lipinski definition) is 7. The molecule has 1 atom stereocenters. The van der Waals surface area contributed by atoms with Gasteiger partial charge in [0, 0.05) is 42.7 Å². The zero-order chi connectivity index (χ0) is 26.4. The molecule has 1 unspecified atom stereocenters. The summed E-state index contributed by atoms with van der Waals surface area (Å²) in [6.45, 7) is 4.61. The van der Waals surface area contributed by atoms with Gasteiger partial charge >= 0.3 is 6.01 Å². The van der Waals surface area contributed by atoms with E-state index in [1.54, 1.807) is 6.20 Å². The number of aryl methyl sites for hydroxylation is 2. The number of ether oxygens (including phenoxy) is 1. The number of nitrogens with two attached hydrogens (primary N) is 1. The van der Waals surface area contributed by atoms with Crippen molar-refractivity contribution in [3.8, 4) is 34.1 Å². The van der Waals surface area contributed by atoms with Gasteiger partial charge in [0.2, 0.25) is 5.91 Å². The second-order valence-electron chi connectivity index (χ2n) is 9.57. The number of nitrogen functional groups attached to an aromatic ring is 1. The molecule has 1 aliphatic heterocycles. The highest BCUT2D eigenvalue weighted by atomic mass is 16.5. The molecule has 2 N–H and O–H groups in total. The maximum absolute atomic E-state index is 12.5. The van der Waals surface area contributed by atoms with Gasteiger partial charge in [0.05, 0.1) is 11.1 Å². The molecule has 0 bridgehead atoms. The molecule has 1 amide bonds. The van der Waals surface area contributed by atoms with Gasteiger partial charge in [-0.25, -0.2) is 19.9 Å². The van der Waals surface area contributed by atoms with E-state index in [0.717, 1.165) is 57.8 Å². The van der Waals surface area contributed by atoms with Crippen LogP contribution in [0.4, 0.5) is 11.5 Å². The van der Waals surface area contributed by atoms with E-state index in [4.69, 9.17) is 10.5 Å². The van der Waals surface area contributed by atoms with Crippen LogP contribution in [0.2, 0.25) is 0 Å². The van der Waals surface area contributed by atoms with Crippen LogP contribution in [-0.2, 0) is 11.8 Å². The number of hydrogen-bond donors (Lipinski definition) is 1. The first-order valence-electron chi connectivity index (χ1n) is 12.5. The fourth-order valence-corrected chi connectivity index (χ4v) is 5.04. The molecule has 9 heteroatoms. The fourth-order valence-electron chi connectivity index (χ4n) is 5.04. The van der Waals surface area contributed by atoms with Crippen molar-refractivity contribution in [3.05, 3.63) is 72.8 Å². The van der Waals surface area contributed by atoms with Gasteiger partial charge in [-0.05, 0) is 54.8 Å². The van der Waals surface area contributed by atoms with Crippen LogP contribution >= 0.6 is 0 Å². The lowest BCUT2D eigenvalue weighted by Crippen LogP contribution is -2.25. The average molecular weight is 506 g/mol. The normalized spacial score (nSPS) is 15.4. The summed E-state index contributed by atoms with van der Waals surface area (Å²) in [4.78, 5) is 31.7. The number of nitrogens with zero attached hydrogens (tertiary/aromatic N) is 6. The van der Waals surface area contributed by atoms with E-state index in [1.165, 1.54) is 6.33 Å². The Labute approximate surface area is 220 Å². The van der Waals surface area contributed by atoms with Gasteiger partial charge in [-0.3, -0.25) is 4.79 Å². The largest absolute Gasteiger partial charge is 0.424 e. The monoisotopic (exact) mass is 505 g/mol. The van der Waals surface area contributed by atoms with Crippen LogP contribution in [0.25, 0.3) is 33.4 Å². The van der Waals surface area contributed by atoms with Crippen LogP contribution in [0.5, 0.6) is 11.8 Å². The van der Waals surface area contributed by atoms with Gasteiger partial charge in [0.25, 0.3) is 0 Å². The fraction of sp³-hybridized carbons (Fsp3) is 0.207. The summed E-state index contributed by atoms with van der Waals surface area (Å²) in [6, 6.07) is 17.9. The summed E-state index contributed by atoms with van der Waals surface area (Å²) in [6.07, 6.45) is 4.03. The molecule has 0 saturated carbocycles. The predicted octanol–water partition coefficient (Wildman–Crippen LogP) is 5.15.